The molecule has 0 saturated carbocycles. The molecule has 6 nitrogen and oxygen atoms in total. The van der Waals surface area contributed by atoms with E-state index in [2.05, 4.69) is 9.71 Å². The quantitative estimate of drug-likeness (QED) is 0.618. The Morgan fingerprint density at radius 3 is 2.75 bits per heavy atom. The first kappa shape index (κ1) is 14.8. The topological polar surface area (TPSA) is 108 Å². The number of rotatable bonds is 5. The summed E-state index contributed by atoms with van der Waals surface area (Å²) in [7, 11) is -3.69. The maximum Gasteiger partial charge on any atom is 0.242 e. The minimum absolute atomic E-state index is 0.0173. The Morgan fingerprint density at radius 1 is 1.40 bits per heavy atom. The molecule has 0 aliphatic carbocycles. The highest BCUT2D eigenvalue weighted by atomic mass is 32.2. The first-order chi connectivity index (χ1) is 9.31. The lowest BCUT2D eigenvalue weighted by Crippen LogP contribution is -2.34. The third-order valence-corrected chi connectivity index (χ3v) is 4.67. The number of aromatic nitrogens is 1. The normalized spacial score (nSPS) is 14.0. The number of nitrogen functional groups attached to an aromatic ring is 1. The Balaban J connectivity index is 2.30. The number of benzene rings is 1. The molecule has 0 fully saturated rings. The molecule has 1 unspecified atom stereocenters. The van der Waals surface area contributed by atoms with E-state index in [1.165, 1.54) is 6.20 Å². The molecule has 0 amide bonds. The van der Waals surface area contributed by atoms with Crippen LogP contribution < -0.4 is 10.5 Å². The zero-order valence-electron chi connectivity index (χ0n) is 11.4. The number of aromatic amines is 1. The van der Waals surface area contributed by atoms with Gasteiger partial charge in [0.2, 0.25) is 10.0 Å². The third kappa shape index (κ3) is 2.95. The average molecular weight is 297 g/mol. The minimum Gasteiger partial charge on any atom is -0.399 e. The molecule has 0 aliphatic heterocycles. The van der Waals surface area contributed by atoms with Gasteiger partial charge in [0.05, 0.1) is 6.10 Å². The number of anilines is 1. The van der Waals surface area contributed by atoms with E-state index in [0.29, 0.717) is 16.6 Å². The lowest BCUT2D eigenvalue weighted by Gasteiger charge is -2.15. The maximum absolute atomic E-state index is 12.3. The molecular weight excluding hydrogens is 278 g/mol. The summed E-state index contributed by atoms with van der Waals surface area (Å²) in [5.41, 5.74) is 6.88. The monoisotopic (exact) mass is 297 g/mol. The van der Waals surface area contributed by atoms with Crippen LogP contribution in [-0.4, -0.2) is 31.2 Å². The van der Waals surface area contributed by atoms with Crippen molar-refractivity contribution in [2.24, 2.45) is 5.92 Å². The number of fused-ring (bicyclic) bond motifs is 1. The van der Waals surface area contributed by atoms with Crippen LogP contribution in [0.3, 0.4) is 0 Å². The number of hydrogen-bond acceptors (Lipinski definition) is 4. The van der Waals surface area contributed by atoms with E-state index in [1.807, 2.05) is 13.8 Å². The summed E-state index contributed by atoms with van der Waals surface area (Å²) in [6.07, 6.45) is 0.703. The van der Waals surface area contributed by atoms with Crippen molar-refractivity contribution in [1.82, 2.24) is 9.71 Å². The van der Waals surface area contributed by atoms with Gasteiger partial charge in [-0.3, -0.25) is 0 Å². The van der Waals surface area contributed by atoms with E-state index in [0.717, 1.165) is 0 Å². The van der Waals surface area contributed by atoms with Gasteiger partial charge in [0.25, 0.3) is 0 Å². The molecule has 7 heteroatoms. The van der Waals surface area contributed by atoms with Crippen molar-refractivity contribution in [3.63, 3.8) is 0 Å². The highest BCUT2D eigenvalue weighted by molar-refractivity contribution is 7.89. The summed E-state index contributed by atoms with van der Waals surface area (Å²) in [4.78, 5) is 3.03. The first-order valence-electron chi connectivity index (χ1n) is 6.35. The molecule has 1 aromatic carbocycles. The fourth-order valence-corrected chi connectivity index (χ4v) is 3.06. The van der Waals surface area contributed by atoms with E-state index >= 15 is 0 Å². The maximum atomic E-state index is 12.3. The number of sulfonamides is 1. The van der Waals surface area contributed by atoms with Crippen molar-refractivity contribution in [2.45, 2.75) is 24.8 Å². The van der Waals surface area contributed by atoms with Crippen LogP contribution in [0.15, 0.2) is 29.3 Å². The van der Waals surface area contributed by atoms with Gasteiger partial charge in [-0.05, 0) is 24.1 Å². The zero-order valence-corrected chi connectivity index (χ0v) is 12.2. The molecule has 110 valence electrons. The molecule has 20 heavy (non-hydrogen) atoms. The molecule has 1 atom stereocenters. The third-order valence-electron chi connectivity index (χ3n) is 3.21. The van der Waals surface area contributed by atoms with E-state index in [4.69, 9.17) is 5.73 Å². The van der Waals surface area contributed by atoms with Gasteiger partial charge in [0.1, 0.15) is 4.90 Å². The fourth-order valence-electron chi connectivity index (χ4n) is 1.84. The number of H-pyrrole nitrogens is 1. The molecular formula is C13H19N3O3S. The van der Waals surface area contributed by atoms with Gasteiger partial charge >= 0.3 is 0 Å². The fraction of sp³-hybridized carbons (Fsp3) is 0.385. The lowest BCUT2D eigenvalue weighted by atomic mass is 10.1. The second-order valence-corrected chi connectivity index (χ2v) is 6.86. The van der Waals surface area contributed by atoms with Gasteiger partial charge in [0.15, 0.2) is 0 Å². The number of aliphatic hydroxyl groups is 1. The van der Waals surface area contributed by atoms with E-state index in [-0.39, 0.29) is 17.4 Å². The van der Waals surface area contributed by atoms with Crippen LogP contribution in [-0.2, 0) is 10.0 Å². The molecule has 0 radical (unpaired) electrons. The van der Waals surface area contributed by atoms with Crippen molar-refractivity contribution >= 4 is 26.6 Å². The summed E-state index contributed by atoms with van der Waals surface area (Å²) in [6.45, 7) is 3.63. The summed E-state index contributed by atoms with van der Waals surface area (Å²) in [5, 5.41) is 10.2. The van der Waals surface area contributed by atoms with Crippen LogP contribution in [0.2, 0.25) is 0 Å². The molecule has 1 aromatic heterocycles. The van der Waals surface area contributed by atoms with Crippen LogP contribution in [0, 0.1) is 5.92 Å². The highest BCUT2D eigenvalue weighted by Crippen LogP contribution is 2.24. The molecule has 0 saturated heterocycles. The van der Waals surface area contributed by atoms with Gasteiger partial charge in [-0.15, -0.1) is 0 Å². The largest absolute Gasteiger partial charge is 0.399 e. The molecule has 1 heterocycles. The second-order valence-electron chi connectivity index (χ2n) is 5.12. The zero-order chi connectivity index (χ0) is 14.9. The predicted octanol–water partition coefficient (Wildman–Crippen LogP) is 1.05. The lowest BCUT2D eigenvalue weighted by molar-refractivity contribution is 0.129. The predicted molar refractivity (Wildman–Crippen MR) is 78.7 cm³/mol. The van der Waals surface area contributed by atoms with Crippen molar-refractivity contribution in [3.05, 3.63) is 24.4 Å². The number of aliphatic hydroxyl groups excluding tert-OH is 1. The SMILES string of the molecule is CC(C)C(O)CNS(=O)(=O)c1c[nH]c2ccc(N)cc12. The summed E-state index contributed by atoms with van der Waals surface area (Å²) in [6, 6.07) is 5.04. The smallest absolute Gasteiger partial charge is 0.242 e. The molecule has 0 bridgehead atoms. The second kappa shape index (κ2) is 5.43. The Bertz CT molecular complexity index is 707. The Morgan fingerprint density at radius 2 is 2.10 bits per heavy atom. The standard InChI is InChI=1S/C13H19N3O3S/c1-8(2)12(17)6-16-20(18,19)13-7-15-11-4-3-9(14)5-10(11)13/h3-5,7-8,12,15-17H,6,14H2,1-2H3. The van der Waals surface area contributed by atoms with Crippen molar-refractivity contribution in [2.75, 3.05) is 12.3 Å². The van der Waals surface area contributed by atoms with Gasteiger partial charge in [0, 0.05) is 29.3 Å². The number of nitrogens with one attached hydrogen (secondary N) is 2. The highest BCUT2D eigenvalue weighted by Gasteiger charge is 2.21. The molecule has 0 spiro atoms. The van der Waals surface area contributed by atoms with Crippen LogP contribution in [0.4, 0.5) is 5.69 Å². The molecule has 2 aromatic rings. The average Bonchev–Trinajstić information content (AvgIpc) is 2.79. The van der Waals surface area contributed by atoms with Crippen LogP contribution >= 0.6 is 0 Å². The van der Waals surface area contributed by atoms with Crippen molar-refractivity contribution in [3.8, 4) is 0 Å². The van der Waals surface area contributed by atoms with Gasteiger partial charge < -0.3 is 15.8 Å². The first-order valence-corrected chi connectivity index (χ1v) is 7.84. The van der Waals surface area contributed by atoms with Crippen LogP contribution in [0.25, 0.3) is 10.9 Å². The summed E-state index contributed by atoms with van der Waals surface area (Å²) in [5.74, 6) is -0.0173. The molecule has 2 rings (SSSR count). The Kier molecular flexibility index (Phi) is 4.03. The summed E-state index contributed by atoms with van der Waals surface area (Å²) < 4.78 is 26.9. The number of nitrogens with two attached hydrogens (primary N) is 1. The minimum atomic E-state index is -3.69. The van der Waals surface area contributed by atoms with Crippen molar-refractivity contribution in [1.29, 1.82) is 0 Å². The van der Waals surface area contributed by atoms with Gasteiger partial charge in [-0.2, -0.15) is 0 Å². The van der Waals surface area contributed by atoms with E-state index in [9.17, 15) is 13.5 Å². The Hall–Kier alpha value is -1.57. The van der Waals surface area contributed by atoms with E-state index < -0.39 is 16.1 Å². The number of hydrogen-bond donors (Lipinski definition) is 4. The van der Waals surface area contributed by atoms with Crippen LogP contribution in [0.1, 0.15) is 13.8 Å². The van der Waals surface area contributed by atoms with E-state index in [1.54, 1.807) is 18.2 Å². The van der Waals surface area contributed by atoms with Gasteiger partial charge in [-0.25, -0.2) is 13.1 Å². The van der Waals surface area contributed by atoms with Crippen LogP contribution in [0.5, 0.6) is 0 Å². The van der Waals surface area contributed by atoms with Crippen molar-refractivity contribution < 1.29 is 13.5 Å². The Labute approximate surface area is 118 Å². The van der Waals surface area contributed by atoms with Gasteiger partial charge in [-0.1, -0.05) is 13.8 Å². The molecule has 5 N–H and O–H groups in total. The summed E-state index contributed by atoms with van der Waals surface area (Å²) >= 11 is 0. The molecule has 0 aliphatic rings.